The lowest BCUT2D eigenvalue weighted by molar-refractivity contribution is 0.0950. The molecule has 4 rings (SSSR count). The number of benzene rings is 3. The Morgan fingerprint density at radius 1 is 1.00 bits per heavy atom. The van der Waals surface area contributed by atoms with Gasteiger partial charge in [-0.3, -0.25) is 4.79 Å². The maximum atomic E-state index is 12.5. The molecule has 0 aliphatic carbocycles. The van der Waals surface area contributed by atoms with Crippen LogP contribution in [0.2, 0.25) is 0 Å². The van der Waals surface area contributed by atoms with Crippen LogP contribution in [-0.4, -0.2) is 13.0 Å². The molecule has 0 aliphatic heterocycles. The van der Waals surface area contributed by atoms with Gasteiger partial charge in [-0.05, 0) is 48.4 Å². The summed E-state index contributed by atoms with van der Waals surface area (Å²) >= 11 is 0. The van der Waals surface area contributed by atoms with Crippen LogP contribution in [0, 0.1) is 6.92 Å². The molecule has 1 aromatic heterocycles. The lowest BCUT2D eigenvalue weighted by Crippen LogP contribution is -2.23. The molecule has 6 heteroatoms. The minimum absolute atomic E-state index is 0.164. The van der Waals surface area contributed by atoms with Gasteiger partial charge < -0.3 is 19.2 Å². The van der Waals surface area contributed by atoms with Crippen LogP contribution in [0.4, 0.5) is 0 Å². The first kappa shape index (κ1) is 21.2. The van der Waals surface area contributed by atoms with Gasteiger partial charge in [-0.25, -0.2) is 4.79 Å². The maximum Gasteiger partial charge on any atom is 0.336 e. The number of hydrogen-bond donors (Lipinski definition) is 1. The van der Waals surface area contributed by atoms with Gasteiger partial charge >= 0.3 is 5.63 Å². The van der Waals surface area contributed by atoms with Crippen molar-refractivity contribution in [2.75, 3.05) is 7.11 Å². The Hall–Kier alpha value is -4.06. The van der Waals surface area contributed by atoms with E-state index in [1.807, 2.05) is 55.5 Å². The Morgan fingerprint density at radius 3 is 2.56 bits per heavy atom. The SMILES string of the molecule is COc1ccccc1CNC(=O)c1ccc(COc2ccc3c(C)cc(=O)oc3c2)cc1. The normalized spacial score (nSPS) is 10.7. The molecule has 0 saturated heterocycles. The molecular formula is C26H23NO5. The lowest BCUT2D eigenvalue weighted by atomic mass is 10.1. The van der Waals surface area contributed by atoms with Crippen molar-refractivity contribution in [2.45, 2.75) is 20.1 Å². The topological polar surface area (TPSA) is 77.8 Å². The number of para-hydroxylation sites is 1. The zero-order valence-electron chi connectivity index (χ0n) is 17.9. The Bertz CT molecular complexity index is 1310. The van der Waals surface area contributed by atoms with Gasteiger partial charge in [0.1, 0.15) is 23.7 Å². The molecule has 0 unspecified atom stereocenters. The zero-order chi connectivity index (χ0) is 22.5. The van der Waals surface area contributed by atoms with Crippen LogP contribution in [0.1, 0.15) is 27.0 Å². The third kappa shape index (κ3) is 4.81. The van der Waals surface area contributed by atoms with Crippen molar-refractivity contribution in [2.24, 2.45) is 0 Å². The molecule has 0 atom stereocenters. The van der Waals surface area contributed by atoms with E-state index in [9.17, 15) is 9.59 Å². The van der Waals surface area contributed by atoms with Gasteiger partial charge in [0.15, 0.2) is 0 Å². The molecule has 1 amide bonds. The van der Waals surface area contributed by atoms with Gasteiger partial charge in [-0.15, -0.1) is 0 Å². The number of nitrogens with one attached hydrogen (secondary N) is 1. The summed E-state index contributed by atoms with van der Waals surface area (Å²) in [5, 5.41) is 3.78. The minimum Gasteiger partial charge on any atom is -0.496 e. The second-order valence-electron chi connectivity index (χ2n) is 7.39. The van der Waals surface area contributed by atoms with Gasteiger partial charge in [0.2, 0.25) is 0 Å². The predicted molar refractivity (Wildman–Crippen MR) is 122 cm³/mol. The fourth-order valence-electron chi connectivity index (χ4n) is 3.44. The van der Waals surface area contributed by atoms with Gasteiger partial charge in [-0.1, -0.05) is 30.3 Å². The van der Waals surface area contributed by atoms with Crippen molar-refractivity contribution < 1.29 is 18.7 Å². The molecule has 1 N–H and O–H groups in total. The van der Waals surface area contributed by atoms with Gasteiger partial charge in [-0.2, -0.15) is 0 Å². The number of aryl methyl sites for hydroxylation is 1. The van der Waals surface area contributed by atoms with Crippen molar-refractivity contribution >= 4 is 16.9 Å². The summed E-state index contributed by atoms with van der Waals surface area (Å²) in [6.07, 6.45) is 0. The molecule has 0 saturated carbocycles. The molecule has 162 valence electrons. The summed E-state index contributed by atoms with van der Waals surface area (Å²) in [7, 11) is 1.61. The summed E-state index contributed by atoms with van der Waals surface area (Å²) in [6, 6.07) is 21.7. The average Bonchev–Trinajstić information content (AvgIpc) is 2.81. The van der Waals surface area contributed by atoms with E-state index in [-0.39, 0.29) is 11.5 Å². The van der Waals surface area contributed by atoms with Crippen molar-refractivity contribution in [1.82, 2.24) is 5.32 Å². The number of fused-ring (bicyclic) bond motifs is 1. The third-order valence-electron chi connectivity index (χ3n) is 5.18. The molecule has 6 nitrogen and oxygen atoms in total. The number of methoxy groups -OCH3 is 1. The Morgan fingerprint density at radius 2 is 1.78 bits per heavy atom. The van der Waals surface area contributed by atoms with Crippen molar-refractivity contribution in [3.63, 3.8) is 0 Å². The number of carbonyl (C=O) groups is 1. The number of ether oxygens (including phenoxy) is 2. The highest BCUT2D eigenvalue weighted by Gasteiger charge is 2.08. The smallest absolute Gasteiger partial charge is 0.336 e. The fraction of sp³-hybridized carbons (Fsp3) is 0.154. The minimum atomic E-state index is -0.383. The number of rotatable bonds is 7. The van der Waals surface area contributed by atoms with E-state index in [1.54, 1.807) is 25.3 Å². The molecule has 0 radical (unpaired) electrons. The van der Waals surface area contributed by atoms with Crippen molar-refractivity contribution in [3.8, 4) is 11.5 Å². The van der Waals surface area contributed by atoms with Crippen molar-refractivity contribution in [1.29, 1.82) is 0 Å². The first-order chi connectivity index (χ1) is 15.5. The van der Waals surface area contributed by atoms with Crippen LogP contribution >= 0.6 is 0 Å². The average molecular weight is 429 g/mol. The summed E-state index contributed by atoms with van der Waals surface area (Å²) in [5.41, 5.74) is 3.36. The first-order valence-corrected chi connectivity index (χ1v) is 10.2. The van der Waals surface area contributed by atoms with E-state index in [0.717, 1.165) is 27.8 Å². The highest BCUT2D eigenvalue weighted by atomic mass is 16.5. The number of amides is 1. The Balaban J connectivity index is 1.37. The molecule has 0 bridgehead atoms. The molecule has 32 heavy (non-hydrogen) atoms. The molecule has 0 spiro atoms. The van der Waals surface area contributed by atoms with Gasteiger partial charge in [0, 0.05) is 35.2 Å². The van der Waals surface area contributed by atoms with Crippen LogP contribution in [0.25, 0.3) is 11.0 Å². The Kier molecular flexibility index (Phi) is 6.22. The number of hydrogen-bond acceptors (Lipinski definition) is 5. The van der Waals surface area contributed by atoms with E-state index in [0.29, 0.717) is 30.0 Å². The van der Waals surface area contributed by atoms with E-state index in [2.05, 4.69) is 5.32 Å². The van der Waals surface area contributed by atoms with E-state index in [4.69, 9.17) is 13.9 Å². The molecule has 4 aromatic rings. The summed E-state index contributed by atoms with van der Waals surface area (Å²) in [5.74, 6) is 1.18. The van der Waals surface area contributed by atoms with Gasteiger partial charge in [0.25, 0.3) is 5.91 Å². The van der Waals surface area contributed by atoms with Crippen molar-refractivity contribution in [3.05, 3.63) is 105 Å². The second kappa shape index (κ2) is 9.39. The van der Waals surface area contributed by atoms with Crippen LogP contribution in [0.15, 0.2) is 82.0 Å². The van der Waals surface area contributed by atoms with Crippen LogP contribution in [0.5, 0.6) is 11.5 Å². The highest BCUT2D eigenvalue weighted by molar-refractivity contribution is 5.94. The van der Waals surface area contributed by atoms with E-state index >= 15 is 0 Å². The summed E-state index contributed by atoms with van der Waals surface area (Å²) in [6.45, 7) is 2.57. The second-order valence-corrected chi connectivity index (χ2v) is 7.39. The molecule has 0 aliphatic rings. The first-order valence-electron chi connectivity index (χ1n) is 10.2. The molecule has 1 heterocycles. The van der Waals surface area contributed by atoms with E-state index in [1.165, 1.54) is 6.07 Å². The van der Waals surface area contributed by atoms with Crippen LogP contribution in [0.3, 0.4) is 0 Å². The lowest BCUT2D eigenvalue weighted by Gasteiger charge is -2.10. The van der Waals surface area contributed by atoms with Crippen LogP contribution in [-0.2, 0) is 13.2 Å². The zero-order valence-corrected chi connectivity index (χ0v) is 17.9. The highest BCUT2D eigenvalue weighted by Crippen LogP contribution is 2.23. The number of carbonyl (C=O) groups excluding carboxylic acids is 1. The van der Waals surface area contributed by atoms with Crippen LogP contribution < -0.4 is 20.4 Å². The maximum absolute atomic E-state index is 12.5. The Labute approximate surface area is 185 Å². The molecule has 0 fully saturated rings. The predicted octanol–water partition coefficient (Wildman–Crippen LogP) is 4.62. The summed E-state index contributed by atoms with van der Waals surface area (Å²) < 4.78 is 16.4. The van der Waals surface area contributed by atoms with Gasteiger partial charge in [0.05, 0.1) is 7.11 Å². The molecular weight excluding hydrogens is 406 g/mol. The standard InChI is InChI=1S/C26H23NO5/c1-17-13-25(28)32-24-14-21(11-12-22(17)24)31-16-18-7-9-19(10-8-18)26(29)27-15-20-5-3-4-6-23(20)30-2/h3-14H,15-16H2,1-2H3,(H,27,29). The monoisotopic (exact) mass is 429 g/mol. The summed E-state index contributed by atoms with van der Waals surface area (Å²) in [4.78, 5) is 24.1. The fourth-order valence-corrected chi connectivity index (χ4v) is 3.44. The third-order valence-corrected chi connectivity index (χ3v) is 5.18. The van der Waals surface area contributed by atoms with E-state index < -0.39 is 0 Å². The quantitative estimate of drug-likeness (QED) is 0.434. The molecule has 3 aromatic carbocycles. The largest absolute Gasteiger partial charge is 0.496 e.